The number of pyridine rings is 1. The summed E-state index contributed by atoms with van der Waals surface area (Å²) in [4.78, 5) is 24.8. The minimum atomic E-state index is -0.244. The lowest BCUT2D eigenvalue weighted by Gasteiger charge is -2.10. The second kappa shape index (κ2) is 8.01. The summed E-state index contributed by atoms with van der Waals surface area (Å²) in [6.45, 7) is 2.51. The number of hydrogen-bond acceptors (Lipinski definition) is 5. The number of aryl methyl sites for hydroxylation is 1. The van der Waals surface area contributed by atoms with Crippen molar-refractivity contribution in [3.05, 3.63) is 77.9 Å². The van der Waals surface area contributed by atoms with Crippen LogP contribution in [0.5, 0.6) is 0 Å². The van der Waals surface area contributed by atoms with Gasteiger partial charge in [-0.15, -0.1) is 0 Å². The molecular weight excluding hydrogens is 314 g/mol. The quantitative estimate of drug-likeness (QED) is 0.724. The van der Waals surface area contributed by atoms with E-state index < -0.39 is 0 Å². The van der Waals surface area contributed by atoms with Gasteiger partial charge in [0.1, 0.15) is 5.69 Å². The lowest BCUT2D eigenvalue weighted by atomic mass is 10.1. The van der Waals surface area contributed by atoms with Gasteiger partial charge in [-0.05, 0) is 41.8 Å². The minimum absolute atomic E-state index is 0.244. The zero-order valence-electron chi connectivity index (χ0n) is 13.9. The van der Waals surface area contributed by atoms with E-state index in [-0.39, 0.29) is 5.91 Å². The van der Waals surface area contributed by atoms with Gasteiger partial charge in [-0.25, -0.2) is 9.97 Å². The summed E-state index contributed by atoms with van der Waals surface area (Å²) in [5.74, 6) is 0.156. The van der Waals surface area contributed by atoms with Crippen LogP contribution >= 0.6 is 0 Å². The molecule has 0 aliphatic rings. The molecule has 0 unspecified atom stereocenters. The van der Waals surface area contributed by atoms with Crippen molar-refractivity contribution >= 4 is 17.5 Å². The molecule has 2 aromatic heterocycles. The molecule has 1 aromatic carbocycles. The highest BCUT2D eigenvalue weighted by molar-refractivity contribution is 5.92. The molecule has 2 heterocycles. The zero-order chi connectivity index (χ0) is 17.5. The number of rotatable bonds is 6. The third-order valence-electron chi connectivity index (χ3n) is 3.74. The number of aromatic nitrogens is 3. The summed E-state index contributed by atoms with van der Waals surface area (Å²) in [6, 6.07) is 13.3. The third kappa shape index (κ3) is 4.38. The Bertz CT molecular complexity index is 851. The van der Waals surface area contributed by atoms with Crippen LogP contribution in [0.15, 0.2) is 61.1 Å². The third-order valence-corrected chi connectivity index (χ3v) is 3.74. The number of benzene rings is 1. The molecule has 0 saturated heterocycles. The molecule has 1 amide bonds. The van der Waals surface area contributed by atoms with Crippen LogP contribution in [-0.4, -0.2) is 20.9 Å². The van der Waals surface area contributed by atoms with E-state index in [9.17, 15) is 4.79 Å². The Balaban J connectivity index is 1.69. The van der Waals surface area contributed by atoms with Gasteiger partial charge >= 0.3 is 0 Å². The highest BCUT2D eigenvalue weighted by atomic mass is 16.1. The van der Waals surface area contributed by atoms with Gasteiger partial charge in [0.25, 0.3) is 5.91 Å². The van der Waals surface area contributed by atoms with E-state index in [0.29, 0.717) is 18.2 Å². The minimum Gasteiger partial charge on any atom is -0.347 e. The van der Waals surface area contributed by atoms with Gasteiger partial charge in [0, 0.05) is 30.8 Å². The average Bonchev–Trinajstić information content (AvgIpc) is 2.67. The van der Waals surface area contributed by atoms with Crippen LogP contribution < -0.4 is 10.6 Å². The molecule has 0 aliphatic carbocycles. The van der Waals surface area contributed by atoms with E-state index in [1.54, 1.807) is 24.7 Å². The molecule has 0 saturated carbocycles. The standard InChI is InChI=1S/C19H19N5O/c1-2-15-5-3-4-6-16(15)23-19-21-12-9-17(24-19)18(25)22-13-14-7-10-20-11-8-14/h3-12H,2,13H2,1H3,(H,22,25)(H,21,23,24). The van der Waals surface area contributed by atoms with Crippen LogP contribution in [0.2, 0.25) is 0 Å². The molecule has 126 valence electrons. The maximum absolute atomic E-state index is 12.3. The summed E-state index contributed by atoms with van der Waals surface area (Å²) in [5, 5.41) is 6.03. The van der Waals surface area contributed by atoms with Crippen molar-refractivity contribution in [2.24, 2.45) is 0 Å². The molecule has 0 bridgehead atoms. The van der Waals surface area contributed by atoms with E-state index >= 15 is 0 Å². The normalized spacial score (nSPS) is 10.3. The molecule has 25 heavy (non-hydrogen) atoms. The van der Waals surface area contributed by atoms with Crippen LogP contribution in [0.4, 0.5) is 11.6 Å². The fourth-order valence-electron chi connectivity index (χ4n) is 2.39. The predicted octanol–water partition coefficient (Wildman–Crippen LogP) is 3.11. The first kappa shape index (κ1) is 16.6. The Labute approximate surface area is 146 Å². The van der Waals surface area contributed by atoms with Crippen molar-refractivity contribution in [1.82, 2.24) is 20.3 Å². The molecule has 0 spiro atoms. The van der Waals surface area contributed by atoms with E-state index in [1.807, 2.05) is 36.4 Å². The highest BCUT2D eigenvalue weighted by Crippen LogP contribution is 2.18. The van der Waals surface area contributed by atoms with Crippen LogP contribution in [-0.2, 0) is 13.0 Å². The number of hydrogen-bond donors (Lipinski definition) is 2. The van der Waals surface area contributed by atoms with E-state index in [4.69, 9.17) is 0 Å². The number of nitrogens with one attached hydrogen (secondary N) is 2. The Morgan fingerprint density at radius 2 is 1.84 bits per heavy atom. The zero-order valence-corrected chi connectivity index (χ0v) is 13.9. The van der Waals surface area contributed by atoms with E-state index in [1.165, 1.54) is 5.56 Å². The maximum atomic E-state index is 12.3. The summed E-state index contributed by atoms with van der Waals surface area (Å²) in [6.07, 6.45) is 5.86. The number of para-hydroxylation sites is 1. The van der Waals surface area contributed by atoms with Crippen molar-refractivity contribution in [2.45, 2.75) is 19.9 Å². The summed E-state index contributed by atoms with van der Waals surface area (Å²) < 4.78 is 0. The molecule has 0 radical (unpaired) electrons. The van der Waals surface area contributed by atoms with Gasteiger partial charge in [-0.2, -0.15) is 0 Å². The second-order valence-corrected chi connectivity index (χ2v) is 5.44. The second-order valence-electron chi connectivity index (χ2n) is 5.44. The van der Waals surface area contributed by atoms with Gasteiger partial charge in [0.05, 0.1) is 0 Å². The monoisotopic (exact) mass is 333 g/mol. The number of carbonyl (C=O) groups excluding carboxylic acids is 1. The molecule has 0 atom stereocenters. The number of carbonyl (C=O) groups is 1. The Hall–Kier alpha value is -3.28. The SMILES string of the molecule is CCc1ccccc1Nc1nccc(C(=O)NCc2ccncc2)n1. The van der Waals surface area contributed by atoms with Crippen molar-refractivity contribution in [3.8, 4) is 0 Å². The molecule has 6 heteroatoms. The van der Waals surface area contributed by atoms with Crippen molar-refractivity contribution in [3.63, 3.8) is 0 Å². The molecular formula is C19H19N5O. The first-order valence-electron chi connectivity index (χ1n) is 8.11. The molecule has 6 nitrogen and oxygen atoms in total. The largest absolute Gasteiger partial charge is 0.347 e. The number of amides is 1. The van der Waals surface area contributed by atoms with E-state index in [0.717, 1.165) is 17.7 Å². The van der Waals surface area contributed by atoms with Gasteiger partial charge in [0.2, 0.25) is 5.95 Å². The lowest BCUT2D eigenvalue weighted by molar-refractivity contribution is 0.0946. The van der Waals surface area contributed by atoms with Gasteiger partial charge < -0.3 is 10.6 Å². The van der Waals surface area contributed by atoms with E-state index in [2.05, 4.69) is 32.5 Å². The smallest absolute Gasteiger partial charge is 0.270 e. The molecule has 2 N–H and O–H groups in total. The first-order chi connectivity index (χ1) is 12.3. The van der Waals surface area contributed by atoms with Crippen LogP contribution in [0.1, 0.15) is 28.5 Å². The van der Waals surface area contributed by atoms with Crippen LogP contribution in [0.25, 0.3) is 0 Å². The maximum Gasteiger partial charge on any atom is 0.270 e. The first-order valence-corrected chi connectivity index (χ1v) is 8.11. The summed E-state index contributed by atoms with van der Waals surface area (Å²) in [5.41, 5.74) is 3.41. The molecule has 3 rings (SSSR count). The molecule has 0 aliphatic heterocycles. The lowest BCUT2D eigenvalue weighted by Crippen LogP contribution is -2.24. The van der Waals surface area contributed by atoms with Gasteiger partial charge in [-0.1, -0.05) is 25.1 Å². The van der Waals surface area contributed by atoms with Crippen molar-refractivity contribution in [1.29, 1.82) is 0 Å². The predicted molar refractivity (Wildman–Crippen MR) is 96.5 cm³/mol. The van der Waals surface area contributed by atoms with Crippen molar-refractivity contribution in [2.75, 3.05) is 5.32 Å². The Kier molecular flexibility index (Phi) is 5.31. The van der Waals surface area contributed by atoms with Gasteiger partial charge in [-0.3, -0.25) is 9.78 Å². The fraction of sp³-hybridized carbons (Fsp3) is 0.158. The molecule has 0 fully saturated rings. The number of nitrogens with zero attached hydrogens (tertiary/aromatic N) is 3. The average molecular weight is 333 g/mol. The Morgan fingerprint density at radius 3 is 2.64 bits per heavy atom. The number of anilines is 2. The topological polar surface area (TPSA) is 79.8 Å². The highest BCUT2D eigenvalue weighted by Gasteiger charge is 2.09. The summed E-state index contributed by atoms with van der Waals surface area (Å²) in [7, 11) is 0. The van der Waals surface area contributed by atoms with Crippen LogP contribution in [0.3, 0.4) is 0 Å². The summed E-state index contributed by atoms with van der Waals surface area (Å²) >= 11 is 0. The van der Waals surface area contributed by atoms with Gasteiger partial charge in [0.15, 0.2) is 0 Å². The molecule has 3 aromatic rings. The van der Waals surface area contributed by atoms with Crippen molar-refractivity contribution < 1.29 is 4.79 Å². The Morgan fingerprint density at radius 1 is 1.04 bits per heavy atom. The van der Waals surface area contributed by atoms with Crippen LogP contribution in [0, 0.1) is 0 Å². The fourth-order valence-corrected chi connectivity index (χ4v) is 2.39.